The zero-order chi connectivity index (χ0) is 10.8. The van der Waals surface area contributed by atoms with Gasteiger partial charge >= 0.3 is 5.97 Å². The van der Waals surface area contributed by atoms with Crippen LogP contribution >= 0.6 is 11.8 Å². The Kier molecular flexibility index (Phi) is 3.79. The summed E-state index contributed by atoms with van der Waals surface area (Å²) in [6.07, 6.45) is 0.510. The lowest BCUT2D eigenvalue weighted by Gasteiger charge is -2.19. The van der Waals surface area contributed by atoms with Crippen LogP contribution in [0.3, 0.4) is 0 Å². The van der Waals surface area contributed by atoms with Crippen LogP contribution in [0.4, 0.5) is 0 Å². The average molecular weight is 239 g/mol. The van der Waals surface area contributed by atoms with Crippen molar-refractivity contribution >= 4 is 27.8 Å². The third-order valence-electron chi connectivity index (χ3n) is 1.95. The lowest BCUT2D eigenvalue weighted by atomic mass is 10.4. The summed E-state index contributed by atoms with van der Waals surface area (Å²) in [5, 5.41) is 8.80. The maximum atomic E-state index is 11.6. The maximum Gasteiger partial charge on any atom is 0.322 e. The van der Waals surface area contributed by atoms with E-state index in [1.165, 1.54) is 11.8 Å². The molecular weight excluding hydrogens is 226 g/mol. The van der Waals surface area contributed by atoms with E-state index in [1.54, 1.807) is 6.92 Å². The molecule has 0 aromatic rings. The van der Waals surface area contributed by atoms with Gasteiger partial charge in [0, 0.05) is 5.75 Å². The Labute approximate surface area is 87.5 Å². The van der Waals surface area contributed by atoms with Gasteiger partial charge in [0.1, 0.15) is 6.04 Å². The van der Waals surface area contributed by atoms with E-state index in [-0.39, 0.29) is 11.6 Å². The minimum atomic E-state index is -3.37. The van der Waals surface area contributed by atoms with E-state index in [0.29, 0.717) is 12.2 Å². The fourth-order valence-corrected chi connectivity index (χ4v) is 4.55. The van der Waals surface area contributed by atoms with Crippen molar-refractivity contribution in [2.24, 2.45) is 0 Å². The summed E-state index contributed by atoms with van der Waals surface area (Å²) < 4.78 is 24.3. The fraction of sp³-hybridized carbons (Fsp3) is 0.857. The summed E-state index contributed by atoms with van der Waals surface area (Å²) in [6, 6.07) is -0.878. The highest BCUT2D eigenvalue weighted by molar-refractivity contribution is 8.00. The molecule has 0 aromatic heterocycles. The number of hydrogen-bond donors (Lipinski definition) is 1. The fourth-order valence-electron chi connectivity index (χ4n) is 1.27. The monoisotopic (exact) mass is 239 g/mol. The second-order valence-electron chi connectivity index (χ2n) is 3.06. The Morgan fingerprint density at radius 3 is 2.79 bits per heavy atom. The number of carboxylic acids is 1. The highest BCUT2D eigenvalue weighted by atomic mass is 32.2. The van der Waals surface area contributed by atoms with E-state index in [2.05, 4.69) is 0 Å². The Morgan fingerprint density at radius 2 is 2.29 bits per heavy atom. The molecule has 1 rings (SSSR count). The largest absolute Gasteiger partial charge is 0.480 e. The third kappa shape index (κ3) is 2.40. The molecule has 14 heavy (non-hydrogen) atoms. The quantitative estimate of drug-likeness (QED) is 0.757. The molecule has 1 aliphatic rings. The van der Waals surface area contributed by atoms with Crippen molar-refractivity contribution in [1.29, 1.82) is 0 Å². The van der Waals surface area contributed by atoms with E-state index in [9.17, 15) is 13.2 Å². The van der Waals surface area contributed by atoms with Crippen LogP contribution in [0.15, 0.2) is 0 Å². The predicted molar refractivity (Wildman–Crippen MR) is 54.7 cm³/mol. The highest BCUT2D eigenvalue weighted by Gasteiger charge is 2.38. The number of carbonyl (C=O) groups is 1. The van der Waals surface area contributed by atoms with Crippen molar-refractivity contribution < 1.29 is 18.3 Å². The predicted octanol–water partition coefficient (Wildman–Crippen LogP) is 0.186. The summed E-state index contributed by atoms with van der Waals surface area (Å²) in [4.78, 5) is 10.7. The van der Waals surface area contributed by atoms with Crippen molar-refractivity contribution in [1.82, 2.24) is 4.31 Å². The summed E-state index contributed by atoms with van der Waals surface area (Å²) >= 11 is 1.34. The smallest absolute Gasteiger partial charge is 0.322 e. The summed E-state index contributed by atoms with van der Waals surface area (Å²) in [7, 11) is -3.37. The second kappa shape index (κ2) is 4.50. The topological polar surface area (TPSA) is 74.7 Å². The van der Waals surface area contributed by atoms with Gasteiger partial charge in [-0.2, -0.15) is 4.31 Å². The summed E-state index contributed by atoms with van der Waals surface area (Å²) in [5.41, 5.74) is 0. The molecule has 0 saturated carbocycles. The standard InChI is InChI=1S/C7H13NO4S2/c1-2-3-14(11,12)8-5-13-4-6(8)7(9)10/h6H,2-5H2,1H3,(H,9,10). The van der Waals surface area contributed by atoms with Crippen LogP contribution in [0.25, 0.3) is 0 Å². The Morgan fingerprint density at radius 1 is 1.64 bits per heavy atom. The zero-order valence-electron chi connectivity index (χ0n) is 7.84. The van der Waals surface area contributed by atoms with Crippen LogP contribution in [-0.2, 0) is 14.8 Å². The number of thioether (sulfide) groups is 1. The average Bonchev–Trinajstić information content (AvgIpc) is 2.51. The molecule has 82 valence electrons. The first kappa shape index (κ1) is 11.8. The molecule has 0 bridgehead atoms. The van der Waals surface area contributed by atoms with Crippen LogP contribution in [0, 0.1) is 0 Å². The van der Waals surface area contributed by atoms with Gasteiger partial charge < -0.3 is 5.11 Å². The van der Waals surface area contributed by atoms with Gasteiger partial charge in [-0.3, -0.25) is 4.79 Å². The number of hydrogen-bond acceptors (Lipinski definition) is 4. The van der Waals surface area contributed by atoms with Crippen molar-refractivity contribution in [3.8, 4) is 0 Å². The van der Waals surface area contributed by atoms with Gasteiger partial charge in [-0.25, -0.2) is 8.42 Å². The van der Waals surface area contributed by atoms with Crippen molar-refractivity contribution in [3.05, 3.63) is 0 Å². The molecule has 0 amide bonds. The number of rotatable bonds is 4. The maximum absolute atomic E-state index is 11.6. The second-order valence-corrected chi connectivity index (χ2v) is 6.10. The molecule has 0 aliphatic carbocycles. The van der Waals surface area contributed by atoms with E-state index in [1.807, 2.05) is 0 Å². The van der Waals surface area contributed by atoms with E-state index >= 15 is 0 Å². The van der Waals surface area contributed by atoms with Crippen molar-refractivity contribution in [3.63, 3.8) is 0 Å². The Balaban J connectivity index is 2.81. The first-order valence-electron chi connectivity index (χ1n) is 4.29. The van der Waals surface area contributed by atoms with Crippen LogP contribution in [0.5, 0.6) is 0 Å². The van der Waals surface area contributed by atoms with Gasteiger partial charge in [-0.05, 0) is 6.42 Å². The molecule has 1 N–H and O–H groups in total. The SMILES string of the molecule is CCCS(=O)(=O)N1CSCC1C(=O)O. The molecule has 5 nitrogen and oxygen atoms in total. The molecule has 0 radical (unpaired) electrons. The molecule has 1 saturated heterocycles. The lowest BCUT2D eigenvalue weighted by molar-refractivity contribution is -0.140. The van der Waals surface area contributed by atoms with Gasteiger partial charge in [0.15, 0.2) is 0 Å². The molecule has 1 aliphatic heterocycles. The minimum absolute atomic E-state index is 0.0251. The van der Waals surface area contributed by atoms with Crippen LogP contribution in [-0.4, -0.2) is 47.2 Å². The number of nitrogens with zero attached hydrogens (tertiary/aromatic N) is 1. The molecule has 1 unspecified atom stereocenters. The molecule has 0 aromatic carbocycles. The first-order chi connectivity index (χ1) is 6.49. The molecule has 0 spiro atoms. The van der Waals surface area contributed by atoms with Gasteiger partial charge in [0.2, 0.25) is 10.0 Å². The van der Waals surface area contributed by atoms with E-state index in [0.717, 1.165) is 4.31 Å². The summed E-state index contributed by atoms with van der Waals surface area (Å²) in [6.45, 7) is 1.76. The van der Waals surface area contributed by atoms with Crippen LogP contribution < -0.4 is 0 Å². The molecule has 1 fully saturated rings. The first-order valence-corrected chi connectivity index (χ1v) is 7.05. The van der Waals surface area contributed by atoms with Crippen LogP contribution in [0.1, 0.15) is 13.3 Å². The highest BCUT2D eigenvalue weighted by Crippen LogP contribution is 2.24. The van der Waals surface area contributed by atoms with Gasteiger partial charge in [-0.15, -0.1) is 11.8 Å². The molecule has 1 heterocycles. The Hall–Kier alpha value is -0.270. The van der Waals surface area contributed by atoms with Gasteiger partial charge in [0.25, 0.3) is 0 Å². The molecular formula is C7H13NO4S2. The van der Waals surface area contributed by atoms with Gasteiger partial charge in [0.05, 0.1) is 11.6 Å². The minimum Gasteiger partial charge on any atom is -0.480 e. The van der Waals surface area contributed by atoms with Crippen molar-refractivity contribution in [2.45, 2.75) is 19.4 Å². The molecule has 1 atom stereocenters. The van der Waals surface area contributed by atoms with Crippen molar-refractivity contribution in [2.75, 3.05) is 17.4 Å². The zero-order valence-corrected chi connectivity index (χ0v) is 9.47. The summed E-state index contributed by atoms with van der Waals surface area (Å²) in [5.74, 6) is -0.427. The number of sulfonamides is 1. The number of carboxylic acid groups (broad SMARTS) is 1. The Bertz CT molecular complexity index is 314. The van der Waals surface area contributed by atoms with Gasteiger partial charge in [-0.1, -0.05) is 6.92 Å². The van der Waals surface area contributed by atoms with E-state index < -0.39 is 22.0 Å². The normalized spacial score (nSPS) is 23.9. The number of aliphatic carboxylic acids is 1. The van der Waals surface area contributed by atoms with E-state index in [4.69, 9.17) is 5.11 Å². The lowest BCUT2D eigenvalue weighted by Crippen LogP contribution is -2.42. The van der Waals surface area contributed by atoms with Crippen LogP contribution in [0.2, 0.25) is 0 Å². The third-order valence-corrected chi connectivity index (χ3v) is 5.14. The molecule has 7 heteroatoms.